The van der Waals surface area contributed by atoms with Crippen molar-refractivity contribution in [2.45, 2.75) is 12.5 Å². The summed E-state index contributed by atoms with van der Waals surface area (Å²) in [5, 5.41) is 8.55. The second kappa shape index (κ2) is 4.89. The lowest BCUT2D eigenvalue weighted by molar-refractivity contribution is -0.138. The van der Waals surface area contributed by atoms with Crippen molar-refractivity contribution in [2.75, 3.05) is 7.11 Å². The van der Waals surface area contributed by atoms with E-state index >= 15 is 0 Å². The molecule has 0 unspecified atom stereocenters. The van der Waals surface area contributed by atoms with Crippen LogP contribution in [0.15, 0.2) is 12.1 Å². The van der Waals surface area contributed by atoms with Crippen LogP contribution in [-0.4, -0.2) is 24.2 Å². The highest BCUT2D eigenvalue weighted by Gasteiger charge is 2.20. The zero-order valence-corrected chi connectivity index (χ0v) is 8.54. The van der Waals surface area contributed by atoms with E-state index in [1.54, 1.807) is 0 Å². The summed E-state index contributed by atoms with van der Waals surface area (Å²) in [5.74, 6) is -3.22. The molecule has 1 aromatic rings. The van der Waals surface area contributed by atoms with E-state index in [2.05, 4.69) is 4.74 Å². The van der Waals surface area contributed by atoms with Crippen molar-refractivity contribution in [3.63, 3.8) is 0 Å². The van der Waals surface area contributed by atoms with Gasteiger partial charge in [0.15, 0.2) is 11.6 Å². The van der Waals surface area contributed by atoms with Crippen molar-refractivity contribution in [3.05, 3.63) is 29.3 Å². The largest absolute Gasteiger partial charge is 0.494 e. The summed E-state index contributed by atoms with van der Waals surface area (Å²) in [6.45, 7) is 0. The van der Waals surface area contributed by atoms with Gasteiger partial charge in [-0.2, -0.15) is 0 Å². The highest BCUT2D eigenvalue weighted by atomic mass is 19.1. The summed E-state index contributed by atoms with van der Waals surface area (Å²) in [6, 6.07) is 0.780. The first-order chi connectivity index (χ1) is 7.47. The first-order valence-electron chi connectivity index (χ1n) is 4.46. The van der Waals surface area contributed by atoms with Gasteiger partial charge in [0.2, 0.25) is 0 Å². The van der Waals surface area contributed by atoms with Gasteiger partial charge in [0, 0.05) is 12.0 Å². The molecule has 0 fully saturated rings. The number of carboxylic acids is 1. The number of aliphatic carboxylic acids is 1. The minimum absolute atomic E-state index is 0.144. The van der Waals surface area contributed by atoms with Gasteiger partial charge in [-0.3, -0.25) is 4.79 Å². The van der Waals surface area contributed by atoms with Crippen LogP contribution >= 0.6 is 0 Å². The van der Waals surface area contributed by atoms with Crippen molar-refractivity contribution in [3.8, 4) is 5.75 Å². The second-order valence-corrected chi connectivity index (χ2v) is 3.19. The Bertz CT molecular complexity index is 409. The summed E-state index contributed by atoms with van der Waals surface area (Å²) < 4.78 is 31.4. The van der Waals surface area contributed by atoms with E-state index in [0.717, 1.165) is 12.1 Å². The molecule has 16 heavy (non-hydrogen) atoms. The standard InChI is InChI=1S/C10H11F2NO3/c1-16-8-3-2-6(11)5(9(8)12)4-7(13)10(14)15/h2-3,7H,4,13H2,1H3,(H,14,15)/t7-/m1/s1. The van der Waals surface area contributed by atoms with Crippen LogP contribution in [0.2, 0.25) is 0 Å². The lowest BCUT2D eigenvalue weighted by Gasteiger charge is -2.10. The summed E-state index contributed by atoms with van der Waals surface area (Å²) in [4.78, 5) is 10.5. The lowest BCUT2D eigenvalue weighted by atomic mass is 10.0. The number of rotatable bonds is 4. The molecule has 0 aliphatic carbocycles. The Morgan fingerprint density at radius 3 is 2.69 bits per heavy atom. The summed E-state index contributed by atoms with van der Waals surface area (Å²) >= 11 is 0. The zero-order chi connectivity index (χ0) is 12.3. The molecule has 1 atom stereocenters. The fourth-order valence-electron chi connectivity index (χ4n) is 1.23. The normalized spacial score (nSPS) is 12.2. The fourth-order valence-corrected chi connectivity index (χ4v) is 1.23. The zero-order valence-electron chi connectivity index (χ0n) is 8.54. The number of halogens is 2. The van der Waals surface area contributed by atoms with Gasteiger partial charge in [0.05, 0.1) is 7.11 Å². The lowest BCUT2D eigenvalue weighted by Crippen LogP contribution is -2.33. The molecular formula is C10H11F2NO3. The van der Waals surface area contributed by atoms with Crippen LogP contribution in [0, 0.1) is 11.6 Å². The number of hydrogen-bond acceptors (Lipinski definition) is 3. The van der Waals surface area contributed by atoms with E-state index in [-0.39, 0.29) is 11.3 Å². The van der Waals surface area contributed by atoms with E-state index in [1.165, 1.54) is 7.11 Å². The third-order valence-electron chi connectivity index (χ3n) is 2.11. The number of ether oxygens (including phenoxy) is 1. The van der Waals surface area contributed by atoms with Crippen molar-refractivity contribution < 1.29 is 23.4 Å². The monoisotopic (exact) mass is 231 g/mol. The average Bonchev–Trinajstić information content (AvgIpc) is 2.24. The van der Waals surface area contributed by atoms with Crippen molar-refractivity contribution in [1.82, 2.24) is 0 Å². The van der Waals surface area contributed by atoms with Gasteiger partial charge in [-0.25, -0.2) is 8.78 Å². The average molecular weight is 231 g/mol. The number of benzene rings is 1. The fraction of sp³-hybridized carbons (Fsp3) is 0.300. The molecule has 0 saturated heterocycles. The smallest absolute Gasteiger partial charge is 0.320 e. The Morgan fingerprint density at radius 1 is 1.56 bits per heavy atom. The molecule has 0 radical (unpaired) electrons. The molecule has 0 spiro atoms. The van der Waals surface area contributed by atoms with Crippen LogP contribution in [0.25, 0.3) is 0 Å². The van der Waals surface area contributed by atoms with E-state index < -0.39 is 30.1 Å². The van der Waals surface area contributed by atoms with E-state index in [9.17, 15) is 13.6 Å². The predicted octanol–water partition coefficient (Wildman–Crippen LogP) is 0.928. The maximum absolute atomic E-state index is 13.5. The van der Waals surface area contributed by atoms with Crippen LogP contribution < -0.4 is 10.5 Å². The molecule has 3 N–H and O–H groups in total. The number of methoxy groups -OCH3 is 1. The van der Waals surface area contributed by atoms with Crippen LogP contribution in [0.5, 0.6) is 5.75 Å². The van der Waals surface area contributed by atoms with Crippen LogP contribution in [0.4, 0.5) is 8.78 Å². The maximum Gasteiger partial charge on any atom is 0.320 e. The molecule has 0 saturated carbocycles. The number of hydrogen-bond donors (Lipinski definition) is 2. The third kappa shape index (κ3) is 2.46. The van der Waals surface area contributed by atoms with Crippen LogP contribution in [0.3, 0.4) is 0 Å². The molecule has 1 rings (SSSR count). The SMILES string of the molecule is COc1ccc(F)c(C[C@@H](N)C(=O)O)c1F. The molecule has 6 heteroatoms. The number of carboxylic acid groups (broad SMARTS) is 1. The highest BCUT2D eigenvalue weighted by molar-refractivity contribution is 5.73. The van der Waals surface area contributed by atoms with E-state index in [0.29, 0.717) is 0 Å². The molecule has 0 aromatic heterocycles. The number of nitrogens with two attached hydrogens (primary N) is 1. The molecule has 0 aliphatic heterocycles. The second-order valence-electron chi connectivity index (χ2n) is 3.19. The van der Waals surface area contributed by atoms with Gasteiger partial charge in [-0.1, -0.05) is 0 Å². The van der Waals surface area contributed by atoms with Crippen LogP contribution in [0.1, 0.15) is 5.56 Å². The molecular weight excluding hydrogens is 220 g/mol. The Kier molecular flexibility index (Phi) is 3.78. The summed E-state index contributed by atoms with van der Waals surface area (Å²) in [7, 11) is 1.23. The Morgan fingerprint density at radius 2 is 2.19 bits per heavy atom. The van der Waals surface area contributed by atoms with Crippen molar-refractivity contribution >= 4 is 5.97 Å². The Hall–Kier alpha value is -1.69. The molecule has 0 heterocycles. The molecule has 88 valence electrons. The van der Waals surface area contributed by atoms with Gasteiger partial charge < -0.3 is 15.6 Å². The molecule has 1 aromatic carbocycles. The Labute approximate surface area is 90.6 Å². The minimum Gasteiger partial charge on any atom is -0.494 e. The molecule has 0 bridgehead atoms. The molecule has 0 aliphatic rings. The molecule has 0 amide bonds. The van der Waals surface area contributed by atoms with Gasteiger partial charge >= 0.3 is 5.97 Å². The van der Waals surface area contributed by atoms with Gasteiger partial charge in [-0.15, -0.1) is 0 Å². The minimum atomic E-state index is -1.35. The first kappa shape index (κ1) is 12.4. The predicted molar refractivity (Wildman–Crippen MR) is 52.2 cm³/mol. The quantitative estimate of drug-likeness (QED) is 0.808. The highest BCUT2D eigenvalue weighted by Crippen LogP contribution is 2.23. The van der Waals surface area contributed by atoms with E-state index in [4.69, 9.17) is 10.8 Å². The third-order valence-corrected chi connectivity index (χ3v) is 2.11. The summed E-state index contributed by atoms with van der Waals surface area (Å²) in [5.41, 5.74) is 4.82. The topological polar surface area (TPSA) is 72.5 Å². The maximum atomic E-state index is 13.5. The molecule has 4 nitrogen and oxygen atoms in total. The Balaban J connectivity index is 3.07. The summed E-state index contributed by atoms with van der Waals surface area (Å²) in [6.07, 6.45) is -0.426. The number of carbonyl (C=O) groups is 1. The first-order valence-corrected chi connectivity index (χ1v) is 4.46. The van der Waals surface area contributed by atoms with Gasteiger partial charge in [-0.05, 0) is 12.1 Å². The van der Waals surface area contributed by atoms with Gasteiger partial charge in [0.25, 0.3) is 0 Å². The van der Waals surface area contributed by atoms with Crippen LogP contribution in [-0.2, 0) is 11.2 Å². The van der Waals surface area contributed by atoms with Gasteiger partial charge in [0.1, 0.15) is 11.9 Å². The van der Waals surface area contributed by atoms with E-state index in [1.807, 2.05) is 0 Å². The van der Waals surface area contributed by atoms with Crippen molar-refractivity contribution in [1.29, 1.82) is 0 Å². The van der Waals surface area contributed by atoms with Crippen molar-refractivity contribution in [2.24, 2.45) is 5.73 Å².